The molecule has 21 heavy (non-hydrogen) atoms. The number of nitrogens with one attached hydrogen (secondary N) is 1. The zero-order valence-corrected chi connectivity index (χ0v) is 12.7. The summed E-state index contributed by atoms with van der Waals surface area (Å²) in [7, 11) is 0. The second-order valence-electron chi connectivity index (χ2n) is 5.61. The summed E-state index contributed by atoms with van der Waals surface area (Å²) >= 11 is 0. The third-order valence-electron chi connectivity index (χ3n) is 4.23. The highest BCUT2D eigenvalue weighted by atomic mass is 15.5. The SMILES string of the molecule is CCN1CCC(Nc2cc(-n3cnnn3)ccc2C)CC1. The van der Waals surface area contributed by atoms with Gasteiger partial charge in [0.05, 0.1) is 5.69 Å². The van der Waals surface area contributed by atoms with Gasteiger partial charge in [-0.1, -0.05) is 13.0 Å². The van der Waals surface area contributed by atoms with Crippen LogP contribution in [-0.4, -0.2) is 50.8 Å². The fourth-order valence-electron chi connectivity index (χ4n) is 2.80. The zero-order valence-electron chi connectivity index (χ0n) is 12.7. The Morgan fingerprint density at radius 3 is 2.76 bits per heavy atom. The molecule has 1 saturated heterocycles. The molecule has 1 N–H and O–H groups in total. The minimum atomic E-state index is 0.552. The van der Waals surface area contributed by atoms with Crippen molar-refractivity contribution in [1.82, 2.24) is 25.1 Å². The van der Waals surface area contributed by atoms with Crippen LogP contribution in [0, 0.1) is 6.92 Å². The summed E-state index contributed by atoms with van der Waals surface area (Å²) < 4.78 is 1.68. The molecule has 6 heteroatoms. The van der Waals surface area contributed by atoms with E-state index in [9.17, 15) is 0 Å². The van der Waals surface area contributed by atoms with Crippen molar-refractivity contribution in [2.24, 2.45) is 0 Å². The maximum atomic E-state index is 3.95. The van der Waals surface area contributed by atoms with Gasteiger partial charge in [-0.05, 0) is 54.4 Å². The molecule has 2 heterocycles. The summed E-state index contributed by atoms with van der Waals surface area (Å²) in [4.78, 5) is 2.50. The third-order valence-corrected chi connectivity index (χ3v) is 4.23. The fourth-order valence-corrected chi connectivity index (χ4v) is 2.80. The molecule has 1 aromatic carbocycles. The number of likely N-dealkylation sites (tertiary alicyclic amines) is 1. The minimum absolute atomic E-state index is 0.552. The van der Waals surface area contributed by atoms with Crippen LogP contribution < -0.4 is 5.32 Å². The molecular weight excluding hydrogens is 264 g/mol. The Balaban J connectivity index is 1.72. The lowest BCUT2D eigenvalue weighted by atomic mass is 10.0. The van der Waals surface area contributed by atoms with Crippen LogP contribution in [-0.2, 0) is 0 Å². The van der Waals surface area contributed by atoms with Gasteiger partial charge < -0.3 is 10.2 Å². The molecule has 0 atom stereocenters. The van der Waals surface area contributed by atoms with Crippen LogP contribution in [0.3, 0.4) is 0 Å². The highest BCUT2D eigenvalue weighted by Crippen LogP contribution is 2.22. The first-order valence-corrected chi connectivity index (χ1v) is 7.59. The van der Waals surface area contributed by atoms with E-state index in [0.29, 0.717) is 6.04 Å². The lowest BCUT2D eigenvalue weighted by Gasteiger charge is -2.32. The van der Waals surface area contributed by atoms with Gasteiger partial charge in [-0.25, -0.2) is 4.68 Å². The average molecular weight is 286 g/mol. The third kappa shape index (κ3) is 3.21. The molecule has 6 nitrogen and oxygen atoms in total. The molecule has 1 aromatic heterocycles. The van der Waals surface area contributed by atoms with Crippen LogP contribution >= 0.6 is 0 Å². The van der Waals surface area contributed by atoms with E-state index in [-0.39, 0.29) is 0 Å². The minimum Gasteiger partial charge on any atom is -0.382 e. The topological polar surface area (TPSA) is 58.9 Å². The second kappa shape index (κ2) is 6.22. The number of nitrogens with zero attached hydrogens (tertiary/aromatic N) is 5. The molecule has 112 valence electrons. The predicted octanol–water partition coefficient (Wildman–Crippen LogP) is 1.87. The maximum absolute atomic E-state index is 3.95. The molecule has 0 saturated carbocycles. The molecule has 1 aliphatic heterocycles. The Kier molecular flexibility index (Phi) is 4.15. The molecule has 0 unspecified atom stereocenters. The van der Waals surface area contributed by atoms with Crippen LogP contribution in [0.5, 0.6) is 0 Å². The van der Waals surface area contributed by atoms with Crippen molar-refractivity contribution >= 4 is 5.69 Å². The first kappa shape index (κ1) is 14.0. The van der Waals surface area contributed by atoms with Gasteiger partial charge in [0.2, 0.25) is 0 Å². The average Bonchev–Trinajstić information content (AvgIpc) is 3.04. The Morgan fingerprint density at radius 2 is 2.10 bits per heavy atom. The van der Waals surface area contributed by atoms with Gasteiger partial charge in [-0.2, -0.15) is 0 Å². The first-order chi connectivity index (χ1) is 10.3. The van der Waals surface area contributed by atoms with Crippen molar-refractivity contribution in [3.8, 4) is 5.69 Å². The predicted molar refractivity (Wildman–Crippen MR) is 82.6 cm³/mol. The van der Waals surface area contributed by atoms with Crippen molar-refractivity contribution in [2.45, 2.75) is 32.7 Å². The monoisotopic (exact) mass is 286 g/mol. The normalized spacial score (nSPS) is 17.0. The van der Waals surface area contributed by atoms with Gasteiger partial charge in [0.1, 0.15) is 6.33 Å². The van der Waals surface area contributed by atoms with Crippen LogP contribution in [0.15, 0.2) is 24.5 Å². The molecule has 3 rings (SSSR count). The highest BCUT2D eigenvalue weighted by Gasteiger charge is 2.18. The molecule has 0 amide bonds. The summed E-state index contributed by atoms with van der Waals surface area (Å²) in [6, 6.07) is 6.82. The van der Waals surface area contributed by atoms with Crippen molar-refractivity contribution in [2.75, 3.05) is 25.0 Å². The van der Waals surface area contributed by atoms with Crippen molar-refractivity contribution in [1.29, 1.82) is 0 Å². The van der Waals surface area contributed by atoms with Crippen molar-refractivity contribution in [3.05, 3.63) is 30.1 Å². The fraction of sp³-hybridized carbons (Fsp3) is 0.533. The van der Waals surface area contributed by atoms with Gasteiger partial charge in [-0.15, -0.1) is 5.10 Å². The standard InChI is InChI=1S/C15H22N6/c1-3-20-8-6-13(7-9-20)17-15-10-14(5-4-12(15)2)21-11-16-18-19-21/h4-5,10-11,13,17H,3,6-9H2,1-2H3. The highest BCUT2D eigenvalue weighted by molar-refractivity contribution is 5.57. The van der Waals surface area contributed by atoms with Gasteiger partial charge in [0.25, 0.3) is 0 Å². The first-order valence-electron chi connectivity index (χ1n) is 7.59. The zero-order chi connectivity index (χ0) is 14.7. The summed E-state index contributed by atoms with van der Waals surface area (Å²) in [6.07, 6.45) is 4.01. The number of anilines is 1. The molecule has 2 aromatic rings. The maximum Gasteiger partial charge on any atom is 0.143 e. The quantitative estimate of drug-likeness (QED) is 0.930. The van der Waals surface area contributed by atoms with Gasteiger partial charge in [0.15, 0.2) is 0 Å². The number of hydrogen-bond donors (Lipinski definition) is 1. The molecule has 0 bridgehead atoms. The van der Waals surface area contributed by atoms with Crippen molar-refractivity contribution in [3.63, 3.8) is 0 Å². The lowest BCUT2D eigenvalue weighted by Crippen LogP contribution is -2.38. The largest absolute Gasteiger partial charge is 0.382 e. The number of benzene rings is 1. The molecule has 0 radical (unpaired) electrons. The molecule has 0 spiro atoms. The van der Waals surface area contributed by atoms with Crippen molar-refractivity contribution < 1.29 is 0 Å². The summed E-state index contributed by atoms with van der Waals surface area (Å²) in [5.74, 6) is 0. The van der Waals surface area contributed by atoms with Gasteiger partial charge in [-0.3, -0.25) is 0 Å². The number of tetrazole rings is 1. The van der Waals surface area contributed by atoms with Crippen LogP contribution in [0.1, 0.15) is 25.3 Å². The summed E-state index contributed by atoms with van der Waals surface area (Å²) in [5, 5.41) is 15.0. The molecule has 1 fully saturated rings. The number of hydrogen-bond acceptors (Lipinski definition) is 5. The van der Waals surface area contributed by atoms with Gasteiger partial charge >= 0.3 is 0 Å². The Labute approximate surface area is 125 Å². The van der Waals surface area contributed by atoms with E-state index in [1.165, 1.54) is 37.2 Å². The summed E-state index contributed by atoms with van der Waals surface area (Å²) in [6.45, 7) is 7.88. The van der Waals surface area contributed by atoms with E-state index in [4.69, 9.17) is 0 Å². The Hall–Kier alpha value is -1.95. The molecule has 1 aliphatic rings. The van der Waals surface area contributed by atoms with E-state index < -0.39 is 0 Å². The number of piperidine rings is 1. The lowest BCUT2D eigenvalue weighted by molar-refractivity contribution is 0.229. The number of aryl methyl sites for hydroxylation is 1. The smallest absolute Gasteiger partial charge is 0.143 e. The Bertz CT molecular complexity index is 572. The summed E-state index contributed by atoms with van der Waals surface area (Å²) in [5.41, 5.74) is 3.42. The second-order valence-corrected chi connectivity index (χ2v) is 5.61. The van der Waals surface area contributed by atoms with Crippen LogP contribution in [0.25, 0.3) is 5.69 Å². The van der Waals surface area contributed by atoms with Crippen LogP contribution in [0.2, 0.25) is 0 Å². The Morgan fingerprint density at radius 1 is 1.29 bits per heavy atom. The molecule has 0 aliphatic carbocycles. The van der Waals surface area contributed by atoms with E-state index >= 15 is 0 Å². The van der Waals surface area contributed by atoms with Crippen LogP contribution in [0.4, 0.5) is 5.69 Å². The van der Waals surface area contributed by atoms with E-state index in [1.807, 2.05) is 6.07 Å². The van der Waals surface area contributed by atoms with Gasteiger partial charge in [0, 0.05) is 24.8 Å². The van der Waals surface area contributed by atoms with E-state index in [2.05, 4.69) is 51.7 Å². The number of aromatic nitrogens is 4. The number of rotatable bonds is 4. The molecular formula is C15H22N6. The van der Waals surface area contributed by atoms with E-state index in [1.54, 1.807) is 11.0 Å². The van der Waals surface area contributed by atoms with E-state index in [0.717, 1.165) is 12.2 Å².